The number of morpholine rings is 1. The first-order valence-corrected chi connectivity index (χ1v) is 13.7. The Labute approximate surface area is 217 Å². The van der Waals surface area contributed by atoms with Crippen LogP contribution in [0.1, 0.15) is 13.3 Å². The van der Waals surface area contributed by atoms with Gasteiger partial charge in [-0.3, -0.25) is 14.1 Å². The summed E-state index contributed by atoms with van der Waals surface area (Å²) in [6.45, 7) is 8.61. The minimum Gasteiger partial charge on any atom is -0.378 e. The van der Waals surface area contributed by atoms with Crippen LogP contribution in [0.15, 0.2) is 72.6 Å². The van der Waals surface area contributed by atoms with E-state index in [1.807, 2.05) is 18.2 Å². The summed E-state index contributed by atoms with van der Waals surface area (Å²) in [7, 11) is -3.33. The number of anilines is 2. The van der Waals surface area contributed by atoms with Gasteiger partial charge in [0.1, 0.15) is 0 Å². The van der Waals surface area contributed by atoms with Crippen molar-refractivity contribution in [1.29, 1.82) is 0 Å². The minimum absolute atomic E-state index is 0.115. The first-order chi connectivity index (χ1) is 17.3. The molecule has 2 aromatic rings. The molecule has 1 aromatic carbocycles. The standard InChI is InChI=1S/C26H29ClN4O4S/c1-3-21(31-12-5-17-36(31,33)34)9-7-19(2)26(32)29-20-8-10-23(27)22(18-20)25-24(6-4-11-28-25)30-13-15-35-16-14-30/h3-4,6-11,18H,1,5,12-17H2,2H3,(H,29,32)/b19-7+,21-9+. The van der Waals surface area contributed by atoms with Crippen molar-refractivity contribution in [2.75, 3.05) is 48.8 Å². The SMILES string of the molecule is C=C/C(=C\C=C(/C)C(=O)Nc1ccc(Cl)c(-c2ncccc2N2CCOCC2)c1)N1CCCS1(=O)=O. The zero-order valence-electron chi connectivity index (χ0n) is 20.1. The number of nitrogens with one attached hydrogen (secondary N) is 1. The van der Waals surface area contributed by atoms with Crippen LogP contribution in [0.25, 0.3) is 11.3 Å². The van der Waals surface area contributed by atoms with Crippen LogP contribution in [0.5, 0.6) is 0 Å². The number of allylic oxidation sites excluding steroid dienone is 3. The van der Waals surface area contributed by atoms with Gasteiger partial charge in [0.25, 0.3) is 5.91 Å². The van der Waals surface area contributed by atoms with E-state index in [0.29, 0.717) is 53.7 Å². The predicted octanol–water partition coefficient (Wildman–Crippen LogP) is 4.23. The van der Waals surface area contributed by atoms with E-state index in [0.717, 1.165) is 24.5 Å². The first kappa shape index (κ1) is 25.9. The number of ether oxygens (including phenoxy) is 1. The number of aromatic nitrogens is 1. The summed E-state index contributed by atoms with van der Waals surface area (Å²) >= 11 is 6.55. The van der Waals surface area contributed by atoms with E-state index in [2.05, 4.69) is 21.8 Å². The number of sulfonamides is 1. The molecule has 1 N–H and O–H groups in total. The summed E-state index contributed by atoms with van der Waals surface area (Å²) in [6.07, 6.45) is 6.96. The third-order valence-corrected chi connectivity index (χ3v) is 8.28. The van der Waals surface area contributed by atoms with E-state index in [1.165, 1.54) is 10.4 Å². The number of carbonyl (C=O) groups is 1. The lowest BCUT2D eigenvalue weighted by Crippen LogP contribution is -2.36. The topological polar surface area (TPSA) is 91.8 Å². The van der Waals surface area contributed by atoms with E-state index in [4.69, 9.17) is 16.3 Å². The highest BCUT2D eigenvalue weighted by atomic mass is 35.5. The number of amides is 1. The van der Waals surface area contributed by atoms with Gasteiger partial charge >= 0.3 is 0 Å². The van der Waals surface area contributed by atoms with Gasteiger partial charge in [-0.15, -0.1) is 0 Å². The van der Waals surface area contributed by atoms with Crippen molar-refractivity contribution in [2.24, 2.45) is 0 Å². The molecule has 36 heavy (non-hydrogen) atoms. The third-order valence-electron chi connectivity index (χ3n) is 6.08. The molecule has 2 fully saturated rings. The van der Waals surface area contributed by atoms with Crippen LogP contribution >= 0.6 is 11.6 Å². The third kappa shape index (κ3) is 5.80. The molecule has 3 heterocycles. The summed E-state index contributed by atoms with van der Waals surface area (Å²) in [5.41, 5.74) is 3.83. The average Bonchev–Trinajstić information content (AvgIpc) is 3.24. The highest BCUT2D eigenvalue weighted by molar-refractivity contribution is 7.89. The summed E-state index contributed by atoms with van der Waals surface area (Å²) in [5, 5.41) is 3.42. The van der Waals surface area contributed by atoms with E-state index in [9.17, 15) is 13.2 Å². The maximum Gasteiger partial charge on any atom is 0.251 e. The second-order valence-corrected chi connectivity index (χ2v) is 10.9. The molecule has 4 rings (SSSR count). The van der Waals surface area contributed by atoms with Crippen molar-refractivity contribution < 1.29 is 17.9 Å². The van der Waals surface area contributed by atoms with Gasteiger partial charge in [0.15, 0.2) is 0 Å². The second kappa shape index (κ2) is 11.3. The van der Waals surface area contributed by atoms with Gasteiger partial charge in [0.05, 0.1) is 41.1 Å². The molecular formula is C26H29ClN4O4S. The largest absolute Gasteiger partial charge is 0.378 e. The molecule has 1 aromatic heterocycles. The summed E-state index contributed by atoms with van der Waals surface area (Å²) in [5.74, 6) is -0.203. The Bertz CT molecular complexity index is 1320. The quantitative estimate of drug-likeness (QED) is 0.427. The lowest BCUT2D eigenvalue weighted by molar-refractivity contribution is -0.112. The molecule has 0 bridgehead atoms. The van der Waals surface area contributed by atoms with Gasteiger partial charge < -0.3 is 15.0 Å². The highest BCUT2D eigenvalue weighted by Crippen LogP contribution is 2.35. The van der Waals surface area contributed by atoms with Gasteiger partial charge in [-0.2, -0.15) is 0 Å². The smallest absolute Gasteiger partial charge is 0.251 e. The van der Waals surface area contributed by atoms with Gasteiger partial charge in [0, 0.05) is 42.7 Å². The Kier molecular flexibility index (Phi) is 8.13. The number of carbonyl (C=O) groups excluding carboxylic acids is 1. The van der Waals surface area contributed by atoms with Gasteiger partial charge in [0.2, 0.25) is 10.0 Å². The van der Waals surface area contributed by atoms with E-state index in [-0.39, 0.29) is 11.7 Å². The molecule has 0 atom stereocenters. The number of nitrogens with zero attached hydrogens (tertiary/aromatic N) is 3. The van der Waals surface area contributed by atoms with Crippen molar-refractivity contribution in [3.63, 3.8) is 0 Å². The molecule has 1 amide bonds. The van der Waals surface area contributed by atoms with Crippen molar-refractivity contribution in [2.45, 2.75) is 13.3 Å². The van der Waals surface area contributed by atoms with Gasteiger partial charge in [-0.1, -0.05) is 24.3 Å². The van der Waals surface area contributed by atoms with E-state index >= 15 is 0 Å². The van der Waals surface area contributed by atoms with Gasteiger partial charge in [-0.05, 0) is 55.8 Å². The first-order valence-electron chi connectivity index (χ1n) is 11.7. The Balaban J connectivity index is 1.55. The molecule has 2 aliphatic rings. The zero-order valence-corrected chi connectivity index (χ0v) is 21.7. The Morgan fingerprint density at radius 3 is 2.67 bits per heavy atom. The monoisotopic (exact) mass is 528 g/mol. The maximum absolute atomic E-state index is 12.9. The number of benzene rings is 1. The molecule has 2 aliphatic heterocycles. The molecule has 0 unspecified atom stereocenters. The molecule has 0 spiro atoms. The number of hydrogen-bond acceptors (Lipinski definition) is 6. The number of rotatable bonds is 7. The average molecular weight is 529 g/mol. The number of halogens is 1. The fourth-order valence-corrected chi connectivity index (χ4v) is 5.93. The Morgan fingerprint density at radius 1 is 1.19 bits per heavy atom. The number of pyridine rings is 1. The molecule has 8 nitrogen and oxygen atoms in total. The van der Waals surface area contributed by atoms with Crippen LogP contribution in [-0.4, -0.2) is 62.2 Å². The van der Waals surface area contributed by atoms with Crippen LogP contribution in [0.3, 0.4) is 0 Å². The van der Waals surface area contributed by atoms with Crippen molar-refractivity contribution in [3.8, 4) is 11.3 Å². The van der Waals surface area contributed by atoms with Gasteiger partial charge in [-0.25, -0.2) is 8.42 Å². The van der Waals surface area contributed by atoms with Crippen LogP contribution in [0, 0.1) is 0 Å². The van der Waals surface area contributed by atoms with Crippen molar-refractivity contribution >= 4 is 38.9 Å². The maximum atomic E-state index is 12.9. The van der Waals surface area contributed by atoms with Crippen LogP contribution in [-0.2, 0) is 19.6 Å². The lowest BCUT2D eigenvalue weighted by atomic mass is 10.1. The molecule has 0 saturated carbocycles. The highest BCUT2D eigenvalue weighted by Gasteiger charge is 2.28. The molecule has 0 radical (unpaired) electrons. The predicted molar refractivity (Wildman–Crippen MR) is 143 cm³/mol. The fraction of sp³-hybridized carbons (Fsp3) is 0.308. The molecule has 190 valence electrons. The van der Waals surface area contributed by atoms with Crippen LogP contribution in [0.4, 0.5) is 11.4 Å². The van der Waals surface area contributed by atoms with Crippen molar-refractivity contribution in [3.05, 3.63) is 77.6 Å². The molecule has 2 saturated heterocycles. The number of hydrogen-bond donors (Lipinski definition) is 1. The van der Waals surface area contributed by atoms with Crippen LogP contribution in [0.2, 0.25) is 5.02 Å². The molecular weight excluding hydrogens is 500 g/mol. The van der Waals surface area contributed by atoms with Crippen molar-refractivity contribution in [1.82, 2.24) is 9.29 Å². The molecule has 10 heteroatoms. The zero-order chi connectivity index (χ0) is 25.7. The van der Waals surface area contributed by atoms with E-state index < -0.39 is 10.0 Å². The van der Waals surface area contributed by atoms with Crippen LogP contribution < -0.4 is 10.2 Å². The lowest BCUT2D eigenvalue weighted by Gasteiger charge is -2.30. The second-order valence-electron chi connectivity index (χ2n) is 8.51. The van der Waals surface area contributed by atoms with E-state index in [1.54, 1.807) is 37.4 Å². The summed E-state index contributed by atoms with van der Waals surface area (Å²) in [6, 6.07) is 9.17. The Morgan fingerprint density at radius 2 is 1.97 bits per heavy atom. The summed E-state index contributed by atoms with van der Waals surface area (Å²) in [4.78, 5) is 19.7. The fourth-order valence-electron chi connectivity index (χ4n) is 4.15. The minimum atomic E-state index is -3.33. The normalized spacial score (nSPS) is 18.3. The summed E-state index contributed by atoms with van der Waals surface area (Å²) < 4.78 is 31.2. The Hall–Kier alpha value is -3.14. The molecule has 0 aliphatic carbocycles.